The Labute approximate surface area is 70.6 Å². The minimum atomic E-state index is -0.431. The minimum Gasteiger partial charge on any atom is -0.381 e. The molecule has 1 rings (SSSR count). The third-order valence-electron chi connectivity index (χ3n) is 1.46. The molecule has 2 nitrogen and oxygen atoms in total. The second-order valence-electron chi connectivity index (χ2n) is 2.27. The maximum atomic E-state index is 11.8. The third kappa shape index (κ3) is 1.96. The highest BCUT2D eigenvalue weighted by atomic mass is 19.1. The normalized spacial score (nSPS) is 9.00. The number of anilines is 1. The molecule has 0 saturated heterocycles. The summed E-state index contributed by atoms with van der Waals surface area (Å²) in [5, 5.41) is 11.5. The zero-order valence-electron chi connectivity index (χ0n) is 6.55. The summed E-state index contributed by atoms with van der Waals surface area (Å²) in [6, 6.07) is 9.06. The summed E-state index contributed by atoms with van der Waals surface area (Å²) in [5.41, 5.74) is 1.24. The number of nitrogens with zero attached hydrogens (tertiary/aromatic N) is 1. The summed E-state index contributed by atoms with van der Waals surface area (Å²) in [6.07, 6.45) is 0. The van der Waals surface area contributed by atoms with Crippen LogP contribution in [0.25, 0.3) is 0 Å². The molecule has 0 amide bonds. The number of halogens is 1. The standard InChI is InChI=1S/C9H9FN2/c10-5-6-12-9-4-2-1-3-8(9)7-11/h1-4,12H,5-6H2. The number of nitrogens with one attached hydrogen (secondary N) is 1. The van der Waals surface area contributed by atoms with Crippen LogP contribution in [0.5, 0.6) is 0 Å². The summed E-state index contributed by atoms with van der Waals surface area (Å²) in [4.78, 5) is 0. The van der Waals surface area contributed by atoms with E-state index in [-0.39, 0.29) is 6.54 Å². The summed E-state index contributed by atoms with van der Waals surface area (Å²) >= 11 is 0. The molecular weight excluding hydrogens is 155 g/mol. The highest BCUT2D eigenvalue weighted by molar-refractivity contribution is 5.56. The second kappa shape index (κ2) is 4.35. The Hall–Kier alpha value is -1.56. The first-order valence-electron chi connectivity index (χ1n) is 3.67. The van der Waals surface area contributed by atoms with Crippen LogP contribution in [-0.4, -0.2) is 13.2 Å². The van der Waals surface area contributed by atoms with Gasteiger partial charge >= 0.3 is 0 Å². The molecule has 3 heteroatoms. The summed E-state index contributed by atoms with van der Waals surface area (Å²) in [6.45, 7) is -0.182. The Morgan fingerprint density at radius 2 is 2.17 bits per heavy atom. The number of para-hydroxylation sites is 1. The van der Waals surface area contributed by atoms with Crippen LogP contribution in [-0.2, 0) is 0 Å². The van der Waals surface area contributed by atoms with Crippen LogP contribution >= 0.6 is 0 Å². The lowest BCUT2D eigenvalue weighted by Gasteiger charge is -2.04. The molecule has 1 N–H and O–H groups in total. The van der Waals surface area contributed by atoms with E-state index >= 15 is 0 Å². The topological polar surface area (TPSA) is 35.8 Å². The van der Waals surface area contributed by atoms with Gasteiger partial charge in [-0.1, -0.05) is 12.1 Å². The molecule has 0 aliphatic carbocycles. The molecule has 0 bridgehead atoms. The Morgan fingerprint density at radius 3 is 2.83 bits per heavy atom. The van der Waals surface area contributed by atoms with E-state index in [9.17, 15) is 4.39 Å². The lowest BCUT2D eigenvalue weighted by atomic mass is 10.2. The van der Waals surface area contributed by atoms with Crippen molar-refractivity contribution in [2.24, 2.45) is 0 Å². The zero-order chi connectivity index (χ0) is 8.81. The van der Waals surface area contributed by atoms with Gasteiger partial charge in [-0.25, -0.2) is 4.39 Å². The van der Waals surface area contributed by atoms with Crippen molar-refractivity contribution < 1.29 is 4.39 Å². The van der Waals surface area contributed by atoms with Gasteiger partial charge in [-0.2, -0.15) is 5.26 Å². The van der Waals surface area contributed by atoms with Gasteiger partial charge in [-0.15, -0.1) is 0 Å². The van der Waals surface area contributed by atoms with Crippen molar-refractivity contribution in [3.63, 3.8) is 0 Å². The Balaban J connectivity index is 2.77. The van der Waals surface area contributed by atoms with Crippen LogP contribution in [0.2, 0.25) is 0 Å². The number of benzene rings is 1. The zero-order valence-corrected chi connectivity index (χ0v) is 6.55. The number of nitriles is 1. The fourth-order valence-corrected chi connectivity index (χ4v) is 0.917. The first-order chi connectivity index (χ1) is 5.88. The van der Waals surface area contributed by atoms with E-state index in [1.807, 2.05) is 6.07 Å². The Morgan fingerprint density at radius 1 is 1.42 bits per heavy atom. The van der Waals surface area contributed by atoms with Crippen molar-refractivity contribution >= 4 is 5.69 Å². The molecule has 12 heavy (non-hydrogen) atoms. The van der Waals surface area contributed by atoms with Crippen LogP contribution in [0.4, 0.5) is 10.1 Å². The first kappa shape index (κ1) is 8.54. The number of alkyl halides is 1. The van der Waals surface area contributed by atoms with Crippen LogP contribution in [0, 0.1) is 11.3 Å². The molecule has 0 spiro atoms. The maximum absolute atomic E-state index is 11.8. The summed E-state index contributed by atoms with van der Waals surface area (Å²) in [7, 11) is 0. The van der Waals surface area contributed by atoms with Crippen molar-refractivity contribution in [3.8, 4) is 6.07 Å². The molecule has 0 saturated carbocycles. The highest BCUT2D eigenvalue weighted by Gasteiger charge is 1.97. The van der Waals surface area contributed by atoms with E-state index in [1.165, 1.54) is 0 Å². The predicted molar refractivity (Wildman–Crippen MR) is 45.6 cm³/mol. The molecule has 0 aliphatic heterocycles. The van der Waals surface area contributed by atoms with Crippen LogP contribution in [0.15, 0.2) is 24.3 Å². The largest absolute Gasteiger partial charge is 0.381 e. The lowest BCUT2D eigenvalue weighted by molar-refractivity contribution is 0.513. The van der Waals surface area contributed by atoms with Crippen molar-refractivity contribution in [3.05, 3.63) is 29.8 Å². The van der Waals surface area contributed by atoms with Crippen molar-refractivity contribution in [2.45, 2.75) is 0 Å². The van der Waals surface area contributed by atoms with E-state index in [0.717, 1.165) is 0 Å². The van der Waals surface area contributed by atoms with Gasteiger partial charge in [0.2, 0.25) is 0 Å². The Bertz CT molecular complexity index is 291. The van der Waals surface area contributed by atoms with Crippen LogP contribution in [0.1, 0.15) is 5.56 Å². The SMILES string of the molecule is N#Cc1ccccc1NCCF. The number of hydrogen-bond donors (Lipinski definition) is 1. The van der Waals surface area contributed by atoms with Gasteiger partial charge in [-0.05, 0) is 12.1 Å². The van der Waals surface area contributed by atoms with E-state index in [4.69, 9.17) is 5.26 Å². The molecule has 0 aromatic heterocycles. The Kier molecular flexibility index (Phi) is 3.09. The minimum absolute atomic E-state index is 0.249. The number of hydrogen-bond acceptors (Lipinski definition) is 2. The summed E-state index contributed by atoms with van der Waals surface area (Å²) in [5.74, 6) is 0. The van der Waals surface area contributed by atoms with Crippen molar-refractivity contribution in [1.82, 2.24) is 0 Å². The van der Waals surface area contributed by atoms with Gasteiger partial charge in [0, 0.05) is 6.54 Å². The lowest BCUT2D eigenvalue weighted by Crippen LogP contribution is -2.04. The van der Waals surface area contributed by atoms with Gasteiger partial charge in [-0.3, -0.25) is 0 Å². The molecule has 62 valence electrons. The van der Waals surface area contributed by atoms with Gasteiger partial charge in [0.15, 0.2) is 0 Å². The monoisotopic (exact) mass is 164 g/mol. The molecule has 0 unspecified atom stereocenters. The van der Waals surface area contributed by atoms with E-state index in [1.54, 1.807) is 24.3 Å². The fourth-order valence-electron chi connectivity index (χ4n) is 0.917. The molecular formula is C9H9FN2. The van der Waals surface area contributed by atoms with Crippen LogP contribution in [0.3, 0.4) is 0 Å². The maximum Gasteiger partial charge on any atom is 0.107 e. The van der Waals surface area contributed by atoms with Crippen molar-refractivity contribution in [1.29, 1.82) is 5.26 Å². The first-order valence-corrected chi connectivity index (χ1v) is 3.67. The molecule has 1 aromatic carbocycles. The quantitative estimate of drug-likeness (QED) is 0.741. The van der Waals surface area contributed by atoms with E-state index < -0.39 is 6.67 Å². The van der Waals surface area contributed by atoms with E-state index in [0.29, 0.717) is 11.3 Å². The smallest absolute Gasteiger partial charge is 0.107 e. The van der Waals surface area contributed by atoms with Gasteiger partial charge < -0.3 is 5.32 Å². The average Bonchev–Trinajstić information content (AvgIpc) is 2.15. The molecule has 1 aromatic rings. The second-order valence-corrected chi connectivity index (χ2v) is 2.27. The fraction of sp³-hybridized carbons (Fsp3) is 0.222. The van der Waals surface area contributed by atoms with Gasteiger partial charge in [0.25, 0.3) is 0 Å². The van der Waals surface area contributed by atoms with Gasteiger partial charge in [0.1, 0.15) is 12.7 Å². The summed E-state index contributed by atoms with van der Waals surface area (Å²) < 4.78 is 11.8. The highest BCUT2D eigenvalue weighted by Crippen LogP contribution is 2.12. The van der Waals surface area contributed by atoms with E-state index in [2.05, 4.69) is 5.32 Å². The molecule has 0 heterocycles. The number of rotatable bonds is 3. The van der Waals surface area contributed by atoms with Gasteiger partial charge in [0.05, 0.1) is 11.3 Å². The predicted octanol–water partition coefficient (Wildman–Crippen LogP) is 1.94. The molecule has 0 atom stereocenters. The molecule has 0 radical (unpaired) electrons. The van der Waals surface area contributed by atoms with Crippen LogP contribution < -0.4 is 5.32 Å². The molecule has 0 aliphatic rings. The third-order valence-corrected chi connectivity index (χ3v) is 1.46. The van der Waals surface area contributed by atoms with Crippen molar-refractivity contribution in [2.75, 3.05) is 18.5 Å². The molecule has 0 fully saturated rings. The average molecular weight is 164 g/mol.